The highest BCUT2D eigenvalue weighted by Crippen LogP contribution is 2.38. The molecule has 2 aromatic heterocycles. The molecule has 0 amide bonds. The van der Waals surface area contributed by atoms with Crippen molar-refractivity contribution in [3.05, 3.63) is 114 Å². The summed E-state index contributed by atoms with van der Waals surface area (Å²) in [4.78, 5) is 0. The number of aromatic nitrogens is 1. The molecule has 162 valence electrons. The van der Waals surface area contributed by atoms with E-state index >= 15 is 0 Å². The lowest BCUT2D eigenvalue weighted by Gasteiger charge is -2.09. The van der Waals surface area contributed by atoms with E-state index in [2.05, 4.69) is 109 Å². The SMILES string of the molecule is Cc1cccc(-n2c3ccccc3c3cc(-c4cc(C)c5oc6ccccc6c5c4)ccc32)c1. The molecule has 2 heterocycles. The second-order valence-corrected chi connectivity index (χ2v) is 9.19. The molecule has 0 aliphatic heterocycles. The zero-order valence-corrected chi connectivity index (χ0v) is 19.2. The molecule has 0 saturated carbocycles. The Morgan fingerprint density at radius 2 is 1.32 bits per heavy atom. The molecule has 0 aliphatic carbocycles. The van der Waals surface area contributed by atoms with Crippen LogP contribution in [0.3, 0.4) is 0 Å². The van der Waals surface area contributed by atoms with Crippen molar-refractivity contribution in [3.8, 4) is 16.8 Å². The second-order valence-electron chi connectivity index (χ2n) is 9.19. The number of para-hydroxylation sites is 2. The molecule has 0 spiro atoms. The lowest BCUT2D eigenvalue weighted by molar-refractivity contribution is 0.666. The van der Waals surface area contributed by atoms with Gasteiger partial charge in [-0.25, -0.2) is 0 Å². The molecule has 0 bridgehead atoms. The van der Waals surface area contributed by atoms with Gasteiger partial charge in [-0.15, -0.1) is 0 Å². The number of hydrogen-bond donors (Lipinski definition) is 0. The topological polar surface area (TPSA) is 18.1 Å². The maximum atomic E-state index is 6.16. The highest BCUT2D eigenvalue weighted by atomic mass is 16.3. The third-order valence-electron chi connectivity index (χ3n) is 6.93. The zero-order chi connectivity index (χ0) is 22.8. The van der Waals surface area contributed by atoms with Gasteiger partial charge in [-0.3, -0.25) is 0 Å². The summed E-state index contributed by atoms with van der Waals surface area (Å²) in [5.74, 6) is 0. The van der Waals surface area contributed by atoms with Gasteiger partial charge in [0.15, 0.2) is 0 Å². The fraction of sp³-hybridized carbons (Fsp3) is 0.0625. The first-order chi connectivity index (χ1) is 16.7. The summed E-state index contributed by atoms with van der Waals surface area (Å²) >= 11 is 0. The Morgan fingerprint density at radius 1 is 0.559 bits per heavy atom. The monoisotopic (exact) mass is 437 g/mol. The summed E-state index contributed by atoms with van der Waals surface area (Å²) < 4.78 is 8.54. The number of benzene rings is 5. The summed E-state index contributed by atoms with van der Waals surface area (Å²) in [6, 6.07) is 37.1. The fourth-order valence-corrected chi connectivity index (χ4v) is 5.36. The quantitative estimate of drug-likeness (QED) is 0.264. The van der Waals surface area contributed by atoms with E-state index in [0.717, 1.165) is 16.7 Å². The standard InChI is InChI=1S/C32H23NO/c1-20-8-7-9-24(16-20)33-29-12-5-3-10-25(29)27-18-22(14-15-30(27)33)23-17-21(2)32-28(19-23)26-11-4-6-13-31(26)34-32/h3-19H,1-2H3. The largest absolute Gasteiger partial charge is 0.456 e. The minimum Gasteiger partial charge on any atom is -0.456 e. The predicted molar refractivity (Wildman–Crippen MR) is 143 cm³/mol. The van der Waals surface area contributed by atoms with Gasteiger partial charge in [0.1, 0.15) is 11.2 Å². The van der Waals surface area contributed by atoms with E-state index in [1.54, 1.807) is 0 Å². The maximum Gasteiger partial charge on any atom is 0.138 e. The van der Waals surface area contributed by atoms with Gasteiger partial charge in [0.05, 0.1) is 11.0 Å². The van der Waals surface area contributed by atoms with Gasteiger partial charge in [0.25, 0.3) is 0 Å². The van der Waals surface area contributed by atoms with Gasteiger partial charge in [-0.05, 0) is 84.6 Å². The van der Waals surface area contributed by atoms with Crippen LogP contribution in [0.1, 0.15) is 11.1 Å². The Morgan fingerprint density at radius 3 is 2.21 bits per heavy atom. The van der Waals surface area contributed by atoms with E-state index in [-0.39, 0.29) is 0 Å². The second kappa shape index (κ2) is 7.10. The van der Waals surface area contributed by atoms with Gasteiger partial charge in [0.2, 0.25) is 0 Å². The molecule has 0 saturated heterocycles. The smallest absolute Gasteiger partial charge is 0.138 e. The molecular weight excluding hydrogens is 414 g/mol. The van der Waals surface area contributed by atoms with Crippen molar-refractivity contribution in [1.29, 1.82) is 0 Å². The zero-order valence-electron chi connectivity index (χ0n) is 19.2. The maximum absolute atomic E-state index is 6.16. The Bertz CT molecular complexity index is 1880. The molecule has 2 heteroatoms. The van der Waals surface area contributed by atoms with E-state index in [1.165, 1.54) is 55.0 Å². The van der Waals surface area contributed by atoms with Crippen LogP contribution in [0.15, 0.2) is 108 Å². The van der Waals surface area contributed by atoms with Gasteiger partial charge in [0, 0.05) is 27.2 Å². The molecular formula is C32H23NO. The van der Waals surface area contributed by atoms with Crippen molar-refractivity contribution in [2.75, 3.05) is 0 Å². The number of rotatable bonds is 2. The van der Waals surface area contributed by atoms with Crippen molar-refractivity contribution in [1.82, 2.24) is 4.57 Å². The highest BCUT2D eigenvalue weighted by molar-refractivity contribution is 6.11. The molecule has 0 N–H and O–H groups in total. The molecule has 0 aliphatic rings. The molecule has 2 nitrogen and oxygen atoms in total. The molecule has 5 aromatic carbocycles. The van der Waals surface area contributed by atoms with Crippen LogP contribution in [0.2, 0.25) is 0 Å². The minimum absolute atomic E-state index is 0.939. The van der Waals surface area contributed by atoms with Crippen LogP contribution in [0, 0.1) is 13.8 Å². The van der Waals surface area contributed by atoms with E-state index in [4.69, 9.17) is 4.42 Å². The van der Waals surface area contributed by atoms with Crippen LogP contribution in [-0.2, 0) is 0 Å². The fourth-order valence-electron chi connectivity index (χ4n) is 5.36. The van der Waals surface area contributed by atoms with Crippen LogP contribution in [0.5, 0.6) is 0 Å². The number of furan rings is 1. The molecule has 0 unspecified atom stereocenters. The first-order valence-corrected chi connectivity index (χ1v) is 11.7. The first-order valence-electron chi connectivity index (χ1n) is 11.7. The van der Waals surface area contributed by atoms with Crippen LogP contribution in [0.4, 0.5) is 0 Å². The number of fused-ring (bicyclic) bond motifs is 6. The normalized spacial score (nSPS) is 11.8. The predicted octanol–water partition coefficient (Wildman–Crippen LogP) is 8.97. The summed E-state index contributed by atoms with van der Waals surface area (Å²) in [7, 11) is 0. The van der Waals surface area contributed by atoms with E-state index in [1.807, 2.05) is 12.1 Å². The van der Waals surface area contributed by atoms with Gasteiger partial charge < -0.3 is 8.98 Å². The number of nitrogens with zero attached hydrogens (tertiary/aromatic N) is 1. The van der Waals surface area contributed by atoms with Crippen molar-refractivity contribution in [2.45, 2.75) is 13.8 Å². The van der Waals surface area contributed by atoms with Crippen LogP contribution >= 0.6 is 0 Å². The Kier molecular flexibility index (Phi) is 4.01. The lowest BCUT2D eigenvalue weighted by Crippen LogP contribution is -1.94. The molecule has 0 radical (unpaired) electrons. The van der Waals surface area contributed by atoms with Crippen LogP contribution in [-0.4, -0.2) is 4.57 Å². The highest BCUT2D eigenvalue weighted by Gasteiger charge is 2.15. The average molecular weight is 438 g/mol. The number of hydrogen-bond acceptors (Lipinski definition) is 1. The van der Waals surface area contributed by atoms with Crippen molar-refractivity contribution in [3.63, 3.8) is 0 Å². The number of aryl methyl sites for hydroxylation is 2. The Hall–Kier alpha value is -4.30. The Balaban J connectivity index is 1.50. The van der Waals surface area contributed by atoms with Crippen molar-refractivity contribution >= 4 is 43.7 Å². The average Bonchev–Trinajstić information content (AvgIpc) is 3.40. The van der Waals surface area contributed by atoms with Gasteiger partial charge in [-0.2, -0.15) is 0 Å². The molecule has 0 atom stereocenters. The summed E-state index contributed by atoms with van der Waals surface area (Å²) in [5.41, 5.74) is 10.4. The Labute approximate surface area is 197 Å². The van der Waals surface area contributed by atoms with Gasteiger partial charge >= 0.3 is 0 Å². The minimum atomic E-state index is 0.939. The lowest BCUT2D eigenvalue weighted by atomic mass is 9.98. The van der Waals surface area contributed by atoms with E-state index < -0.39 is 0 Å². The molecule has 7 rings (SSSR count). The molecule has 7 aromatic rings. The van der Waals surface area contributed by atoms with E-state index in [9.17, 15) is 0 Å². The summed E-state index contributed by atoms with van der Waals surface area (Å²) in [6.07, 6.45) is 0. The van der Waals surface area contributed by atoms with Crippen LogP contribution in [0.25, 0.3) is 60.6 Å². The third kappa shape index (κ3) is 2.75. The summed E-state index contributed by atoms with van der Waals surface area (Å²) in [6.45, 7) is 4.28. The van der Waals surface area contributed by atoms with Crippen molar-refractivity contribution < 1.29 is 4.42 Å². The molecule has 34 heavy (non-hydrogen) atoms. The van der Waals surface area contributed by atoms with Gasteiger partial charge in [-0.1, -0.05) is 54.6 Å². The van der Waals surface area contributed by atoms with Crippen molar-refractivity contribution in [2.24, 2.45) is 0 Å². The third-order valence-corrected chi connectivity index (χ3v) is 6.93. The summed E-state index contributed by atoms with van der Waals surface area (Å²) in [5, 5.41) is 4.88. The van der Waals surface area contributed by atoms with Crippen LogP contribution < -0.4 is 0 Å². The van der Waals surface area contributed by atoms with E-state index in [0.29, 0.717) is 0 Å². The first kappa shape index (κ1) is 19.2. The molecule has 0 fully saturated rings.